The Labute approximate surface area is 146 Å². The maximum Gasteiger partial charge on any atom is 0.233 e. The van der Waals surface area contributed by atoms with E-state index in [2.05, 4.69) is 5.32 Å². The summed E-state index contributed by atoms with van der Waals surface area (Å²) < 4.78 is 24.0. The molecule has 0 bridgehead atoms. The van der Waals surface area contributed by atoms with Gasteiger partial charge in [0.15, 0.2) is 9.84 Å². The van der Waals surface area contributed by atoms with E-state index in [1.165, 1.54) is 0 Å². The monoisotopic (exact) mass is 375 g/mol. The zero-order valence-electron chi connectivity index (χ0n) is 12.8. The number of hydrogen-bond acceptors (Lipinski definition) is 3. The zero-order chi connectivity index (χ0) is 16.9. The number of alkyl halides is 2. The van der Waals surface area contributed by atoms with Gasteiger partial charge in [-0.05, 0) is 50.5 Å². The van der Waals surface area contributed by atoms with E-state index in [-0.39, 0.29) is 11.2 Å². The van der Waals surface area contributed by atoms with Gasteiger partial charge in [-0.15, -0.1) is 23.2 Å². The third kappa shape index (κ3) is 2.99. The standard InChI is InChI=1S/C16H19Cl2NO3S/c1-15(10-16(15,17)18)14(20)19-11-6-8-13(9-7-11)23(21,22)12-4-2-3-5-12/h6-9,12H,2-5,10H2,1H3,(H,19,20). The Hall–Kier alpha value is -0.780. The molecule has 7 heteroatoms. The summed E-state index contributed by atoms with van der Waals surface area (Å²) in [6.45, 7) is 1.71. The van der Waals surface area contributed by atoms with Crippen LogP contribution in [0.3, 0.4) is 0 Å². The first-order chi connectivity index (χ1) is 10.7. The molecule has 1 amide bonds. The zero-order valence-corrected chi connectivity index (χ0v) is 15.1. The Bertz CT molecular complexity index is 724. The highest BCUT2D eigenvalue weighted by Crippen LogP contribution is 2.64. The third-order valence-electron chi connectivity index (χ3n) is 4.94. The molecule has 0 spiro atoms. The van der Waals surface area contributed by atoms with Gasteiger partial charge < -0.3 is 5.32 Å². The molecule has 1 N–H and O–H groups in total. The number of sulfone groups is 1. The third-order valence-corrected chi connectivity index (χ3v) is 8.32. The summed E-state index contributed by atoms with van der Waals surface area (Å²) >= 11 is 12.0. The first kappa shape index (κ1) is 17.1. The average Bonchev–Trinajstić information content (AvgIpc) is 2.87. The van der Waals surface area contributed by atoms with Crippen LogP contribution in [0.4, 0.5) is 5.69 Å². The van der Waals surface area contributed by atoms with E-state index in [0.29, 0.717) is 17.0 Å². The van der Waals surface area contributed by atoms with Crippen LogP contribution in [0.5, 0.6) is 0 Å². The lowest BCUT2D eigenvalue weighted by Gasteiger charge is -2.14. The van der Waals surface area contributed by atoms with Crippen LogP contribution in [0, 0.1) is 5.41 Å². The molecule has 2 fully saturated rings. The highest BCUT2D eigenvalue weighted by atomic mass is 35.5. The van der Waals surface area contributed by atoms with Crippen molar-refractivity contribution in [3.8, 4) is 0 Å². The fourth-order valence-corrected chi connectivity index (χ4v) is 5.59. The quantitative estimate of drug-likeness (QED) is 0.810. The molecule has 3 rings (SSSR count). The molecule has 1 aromatic rings. The lowest BCUT2D eigenvalue weighted by Crippen LogP contribution is -2.26. The summed E-state index contributed by atoms with van der Waals surface area (Å²) in [4.78, 5) is 12.5. The second-order valence-electron chi connectivity index (χ2n) is 6.64. The van der Waals surface area contributed by atoms with Crippen molar-refractivity contribution >= 4 is 44.6 Å². The minimum atomic E-state index is -3.27. The predicted molar refractivity (Wildman–Crippen MR) is 91.7 cm³/mol. The fraction of sp³-hybridized carbons (Fsp3) is 0.562. The van der Waals surface area contributed by atoms with Crippen LogP contribution in [-0.2, 0) is 14.6 Å². The molecule has 0 radical (unpaired) electrons. The van der Waals surface area contributed by atoms with Crippen LogP contribution < -0.4 is 5.32 Å². The molecule has 2 aliphatic rings. The molecule has 0 aliphatic heterocycles. The molecule has 1 unspecified atom stereocenters. The summed E-state index contributed by atoms with van der Waals surface area (Å²) in [7, 11) is -3.27. The molecule has 126 valence electrons. The second-order valence-corrected chi connectivity index (χ2v) is 10.4. The van der Waals surface area contributed by atoms with Gasteiger partial charge in [-0.3, -0.25) is 4.79 Å². The van der Waals surface area contributed by atoms with Crippen molar-refractivity contribution in [3.05, 3.63) is 24.3 Å². The van der Waals surface area contributed by atoms with E-state index in [9.17, 15) is 13.2 Å². The van der Waals surface area contributed by atoms with Gasteiger partial charge in [0.05, 0.1) is 15.6 Å². The van der Waals surface area contributed by atoms with Gasteiger partial charge in [0, 0.05) is 5.69 Å². The Balaban J connectivity index is 1.72. The summed E-state index contributed by atoms with van der Waals surface area (Å²) in [5.41, 5.74) is -0.261. The molecule has 1 atom stereocenters. The Kier molecular flexibility index (Phi) is 4.18. The summed E-state index contributed by atoms with van der Waals surface area (Å²) in [6, 6.07) is 6.31. The molecule has 1 aromatic carbocycles. The second kappa shape index (κ2) is 5.64. The van der Waals surface area contributed by atoms with Crippen LogP contribution >= 0.6 is 23.2 Å². The molecular formula is C16H19Cl2NO3S. The lowest BCUT2D eigenvalue weighted by atomic mass is 10.1. The van der Waals surface area contributed by atoms with Crippen LogP contribution in [0.15, 0.2) is 29.2 Å². The van der Waals surface area contributed by atoms with Crippen molar-refractivity contribution in [1.29, 1.82) is 0 Å². The van der Waals surface area contributed by atoms with Crippen LogP contribution in [-0.4, -0.2) is 23.9 Å². The smallest absolute Gasteiger partial charge is 0.233 e. The average molecular weight is 376 g/mol. The Morgan fingerprint density at radius 2 is 1.70 bits per heavy atom. The summed E-state index contributed by atoms with van der Waals surface area (Å²) in [6.07, 6.45) is 3.80. The summed E-state index contributed by atoms with van der Waals surface area (Å²) in [5, 5.41) is 2.47. The minimum Gasteiger partial charge on any atom is -0.326 e. The minimum absolute atomic E-state index is 0.256. The number of amides is 1. The van der Waals surface area contributed by atoms with Gasteiger partial charge in [0.2, 0.25) is 5.91 Å². The van der Waals surface area contributed by atoms with Gasteiger partial charge in [-0.2, -0.15) is 0 Å². The van der Waals surface area contributed by atoms with Gasteiger partial charge >= 0.3 is 0 Å². The first-order valence-corrected chi connectivity index (χ1v) is 10.0. The van der Waals surface area contributed by atoms with Crippen LogP contribution in [0.1, 0.15) is 39.0 Å². The molecule has 0 heterocycles. The van der Waals surface area contributed by atoms with Crippen molar-refractivity contribution in [2.45, 2.75) is 53.5 Å². The van der Waals surface area contributed by atoms with E-state index >= 15 is 0 Å². The molecule has 0 saturated heterocycles. The van der Waals surface area contributed by atoms with Crippen molar-refractivity contribution in [2.24, 2.45) is 5.41 Å². The molecule has 2 saturated carbocycles. The SMILES string of the molecule is CC1(C(=O)Nc2ccc(S(=O)(=O)C3CCCC3)cc2)CC1(Cl)Cl. The largest absolute Gasteiger partial charge is 0.326 e. The maximum atomic E-state index is 12.5. The van der Waals surface area contributed by atoms with E-state index in [1.54, 1.807) is 31.2 Å². The maximum absolute atomic E-state index is 12.5. The van der Waals surface area contributed by atoms with E-state index in [1.807, 2.05) is 0 Å². The first-order valence-electron chi connectivity index (χ1n) is 7.70. The van der Waals surface area contributed by atoms with Gasteiger partial charge in [-0.1, -0.05) is 12.8 Å². The van der Waals surface area contributed by atoms with Crippen LogP contribution in [0.25, 0.3) is 0 Å². The number of carbonyl (C=O) groups is 1. The number of hydrogen-bond donors (Lipinski definition) is 1. The van der Waals surface area contributed by atoms with Crippen molar-refractivity contribution < 1.29 is 13.2 Å². The molecule has 23 heavy (non-hydrogen) atoms. The highest BCUT2D eigenvalue weighted by molar-refractivity contribution is 7.92. The van der Waals surface area contributed by atoms with Gasteiger partial charge in [-0.25, -0.2) is 8.42 Å². The number of rotatable bonds is 4. The molecule has 0 aromatic heterocycles. The number of anilines is 1. The number of nitrogens with one attached hydrogen (secondary N) is 1. The Morgan fingerprint density at radius 1 is 1.17 bits per heavy atom. The fourth-order valence-electron chi connectivity index (χ4n) is 3.03. The summed E-state index contributed by atoms with van der Waals surface area (Å²) in [5.74, 6) is -0.256. The van der Waals surface area contributed by atoms with E-state index in [0.717, 1.165) is 25.7 Å². The predicted octanol–water partition coefficient (Wildman–Crippen LogP) is 3.93. The molecular weight excluding hydrogens is 357 g/mol. The normalized spacial score (nSPS) is 26.9. The molecule has 4 nitrogen and oxygen atoms in total. The topological polar surface area (TPSA) is 63.2 Å². The van der Waals surface area contributed by atoms with E-state index in [4.69, 9.17) is 23.2 Å². The van der Waals surface area contributed by atoms with Gasteiger partial charge in [0.25, 0.3) is 0 Å². The van der Waals surface area contributed by atoms with Crippen molar-refractivity contribution in [3.63, 3.8) is 0 Å². The number of benzene rings is 1. The Morgan fingerprint density at radius 3 is 2.17 bits per heavy atom. The van der Waals surface area contributed by atoms with E-state index < -0.39 is 19.6 Å². The highest BCUT2D eigenvalue weighted by Gasteiger charge is 2.67. The molecule has 2 aliphatic carbocycles. The van der Waals surface area contributed by atoms with Crippen molar-refractivity contribution in [1.82, 2.24) is 0 Å². The van der Waals surface area contributed by atoms with Gasteiger partial charge in [0.1, 0.15) is 4.33 Å². The van der Waals surface area contributed by atoms with Crippen molar-refractivity contribution in [2.75, 3.05) is 5.32 Å². The number of carbonyl (C=O) groups excluding carboxylic acids is 1. The lowest BCUT2D eigenvalue weighted by molar-refractivity contribution is -0.120. The number of halogens is 2. The van der Waals surface area contributed by atoms with Crippen LogP contribution in [0.2, 0.25) is 0 Å².